The molecule has 2 N–H and O–H groups in total. The van der Waals surface area contributed by atoms with Crippen LogP contribution in [0.1, 0.15) is 87.0 Å². The SMILES string of the molecule is CC(C)=C[C@](C)(C(O)OC12CCCC(O)(C[C@H](C)C1)C2)C(C)(C)C. The van der Waals surface area contributed by atoms with Crippen LogP contribution in [0.3, 0.4) is 0 Å². The minimum absolute atomic E-state index is 0.133. The lowest BCUT2D eigenvalue weighted by atomic mass is 9.62. The number of hydrogen-bond donors (Lipinski definition) is 2. The molecule has 0 aromatic heterocycles. The Morgan fingerprint density at radius 1 is 1.17 bits per heavy atom. The number of ether oxygens (including phenoxy) is 1. The van der Waals surface area contributed by atoms with Crippen LogP contribution in [0.25, 0.3) is 0 Å². The standard InChI is InChI=1S/C21H38O3/c1-15(2)11-19(7,18(4,5)6)17(22)24-21-10-8-9-20(23,14-21)12-16(3)13-21/h11,16-17,22-23H,8-10,12-14H2,1-7H3/t16-,17?,19+,20?,21?/m0/s1. The van der Waals surface area contributed by atoms with Gasteiger partial charge in [0.2, 0.25) is 0 Å². The van der Waals surface area contributed by atoms with Crippen LogP contribution in [0.2, 0.25) is 0 Å². The average Bonchev–Trinajstić information content (AvgIpc) is 2.33. The summed E-state index contributed by atoms with van der Waals surface area (Å²) in [5.41, 5.74) is -0.413. The fraction of sp³-hybridized carbons (Fsp3) is 0.905. The van der Waals surface area contributed by atoms with Crippen molar-refractivity contribution in [3.05, 3.63) is 11.6 Å². The van der Waals surface area contributed by atoms with E-state index in [2.05, 4.69) is 54.5 Å². The van der Waals surface area contributed by atoms with E-state index in [0.717, 1.165) is 32.1 Å². The van der Waals surface area contributed by atoms with Gasteiger partial charge in [0.05, 0.1) is 11.2 Å². The van der Waals surface area contributed by atoms with Gasteiger partial charge in [0, 0.05) is 11.8 Å². The Kier molecular flexibility index (Phi) is 5.32. The van der Waals surface area contributed by atoms with Crippen LogP contribution in [0.15, 0.2) is 11.6 Å². The summed E-state index contributed by atoms with van der Waals surface area (Å²) in [5.74, 6) is 0.431. The third-order valence-corrected chi connectivity index (χ3v) is 6.45. The third kappa shape index (κ3) is 3.89. The van der Waals surface area contributed by atoms with Crippen molar-refractivity contribution in [2.45, 2.75) is 104 Å². The van der Waals surface area contributed by atoms with Crippen molar-refractivity contribution in [3.63, 3.8) is 0 Å². The molecule has 24 heavy (non-hydrogen) atoms. The Morgan fingerprint density at radius 2 is 1.79 bits per heavy atom. The van der Waals surface area contributed by atoms with Crippen LogP contribution >= 0.6 is 0 Å². The molecule has 3 heteroatoms. The van der Waals surface area contributed by atoms with Crippen molar-refractivity contribution in [1.29, 1.82) is 0 Å². The molecule has 0 amide bonds. The van der Waals surface area contributed by atoms with Gasteiger partial charge in [0.25, 0.3) is 0 Å². The zero-order valence-electron chi connectivity index (χ0n) is 16.8. The topological polar surface area (TPSA) is 49.7 Å². The number of rotatable bonds is 4. The molecule has 2 rings (SSSR count). The van der Waals surface area contributed by atoms with Gasteiger partial charge < -0.3 is 14.9 Å². The van der Waals surface area contributed by atoms with E-state index in [1.54, 1.807) is 0 Å². The Hall–Kier alpha value is -0.380. The Bertz CT molecular complexity index is 488. The van der Waals surface area contributed by atoms with Gasteiger partial charge in [-0.05, 0) is 57.3 Å². The summed E-state index contributed by atoms with van der Waals surface area (Å²) in [6, 6.07) is 0. The van der Waals surface area contributed by atoms with Gasteiger partial charge in [-0.15, -0.1) is 0 Å². The van der Waals surface area contributed by atoms with E-state index < -0.39 is 17.3 Å². The smallest absolute Gasteiger partial charge is 0.164 e. The molecule has 3 unspecified atom stereocenters. The lowest BCUT2D eigenvalue weighted by molar-refractivity contribution is -0.278. The highest BCUT2D eigenvalue weighted by Gasteiger charge is 2.53. The quantitative estimate of drug-likeness (QED) is 0.571. The number of allylic oxidation sites excluding steroid dienone is 1. The van der Waals surface area contributed by atoms with Crippen molar-refractivity contribution in [2.75, 3.05) is 0 Å². The van der Waals surface area contributed by atoms with Crippen LogP contribution in [0.5, 0.6) is 0 Å². The minimum Gasteiger partial charge on any atom is -0.390 e. The number of hydrogen-bond acceptors (Lipinski definition) is 3. The van der Waals surface area contributed by atoms with Crippen LogP contribution < -0.4 is 0 Å². The normalized spacial score (nSPS) is 37.5. The Labute approximate surface area is 148 Å². The number of aliphatic hydroxyl groups excluding tert-OH is 1. The molecule has 2 aliphatic rings. The van der Waals surface area contributed by atoms with Gasteiger partial charge in [-0.2, -0.15) is 0 Å². The molecule has 0 radical (unpaired) electrons. The number of fused-ring (bicyclic) bond motifs is 2. The first kappa shape index (κ1) is 19.9. The van der Waals surface area contributed by atoms with E-state index in [1.807, 2.05) is 0 Å². The van der Waals surface area contributed by atoms with Crippen molar-refractivity contribution in [2.24, 2.45) is 16.7 Å². The van der Waals surface area contributed by atoms with Crippen molar-refractivity contribution in [3.8, 4) is 0 Å². The van der Waals surface area contributed by atoms with Gasteiger partial charge in [-0.1, -0.05) is 46.3 Å². The number of aliphatic hydroxyl groups is 2. The average molecular weight is 339 g/mol. The molecule has 140 valence electrons. The van der Waals surface area contributed by atoms with Crippen molar-refractivity contribution >= 4 is 0 Å². The molecule has 2 bridgehead atoms. The van der Waals surface area contributed by atoms with Crippen molar-refractivity contribution < 1.29 is 14.9 Å². The second-order valence-electron chi connectivity index (χ2n) is 10.2. The van der Waals surface area contributed by atoms with Crippen molar-refractivity contribution in [1.82, 2.24) is 0 Å². The molecule has 0 aromatic rings. The molecular formula is C21H38O3. The van der Waals surface area contributed by atoms with E-state index in [4.69, 9.17) is 4.74 Å². The summed E-state index contributed by atoms with van der Waals surface area (Å²) < 4.78 is 6.43. The molecular weight excluding hydrogens is 300 g/mol. The van der Waals surface area contributed by atoms with Crippen LogP contribution in [-0.4, -0.2) is 27.7 Å². The van der Waals surface area contributed by atoms with Crippen LogP contribution in [0, 0.1) is 16.7 Å². The van der Waals surface area contributed by atoms with Gasteiger partial charge in [0.1, 0.15) is 0 Å². The largest absolute Gasteiger partial charge is 0.390 e. The molecule has 0 aromatic carbocycles. The second kappa shape index (κ2) is 6.41. The summed E-state index contributed by atoms with van der Waals surface area (Å²) in [6.45, 7) is 14.9. The predicted molar refractivity (Wildman–Crippen MR) is 98.6 cm³/mol. The minimum atomic E-state index is -0.875. The van der Waals surface area contributed by atoms with E-state index in [0.29, 0.717) is 12.3 Å². The van der Waals surface area contributed by atoms with Gasteiger partial charge in [0.15, 0.2) is 6.29 Å². The summed E-state index contributed by atoms with van der Waals surface area (Å²) in [7, 11) is 0. The summed E-state index contributed by atoms with van der Waals surface area (Å²) in [6.07, 6.45) is 6.51. The first-order valence-corrected chi connectivity index (χ1v) is 9.55. The van der Waals surface area contributed by atoms with E-state index in [1.165, 1.54) is 5.57 Å². The molecule has 0 aliphatic heterocycles. The van der Waals surface area contributed by atoms with Gasteiger partial charge in [-0.3, -0.25) is 0 Å². The predicted octanol–water partition coefficient (Wildman–Crippen LogP) is 4.81. The molecule has 2 saturated carbocycles. The van der Waals surface area contributed by atoms with E-state index in [-0.39, 0.29) is 11.0 Å². The zero-order valence-corrected chi connectivity index (χ0v) is 16.8. The molecule has 3 nitrogen and oxygen atoms in total. The first-order valence-electron chi connectivity index (χ1n) is 9.55. The monoisotopic (exact) mass is 338 g/mol. The van der Waals surface area contributed by atoms with Gasteiger partial charge >= 0.3 is 0 Å². The molecule has 5 atom stereocenters. The molecule has 0 heterocycles. The third-order valence-electron chi connectivity index (χ3n) is 6.45. The lowest BCUT2D eigenvalue weighted by Gasteiger charge is -2.54. The zero-order chi connectivity index (χ0) is 18.4. The summed E-state index contributed by atoms with van der Waals surface area (Å²) in [5, 5.41) is 22.0. The molecule has 2 aliphatic carbocycles. The fourth-order valence-electron chi connectivity index (χ4n) is 4.99. The maximum Gasteiger partial charge on any atom is 0.164 e. The molecule has 0 spiro atoms. The first-order chi connectivity index (χ1) is 10.8. The molecule has 0 saturated heterocycles. The second-order valence-corrected chi connectivity index (χ2v) is 10.2. The highest BCUT2D eigenvalue weighted by Crippen LogP contribution is 2.52. The highest BCUT2D eigenvalue weighted by molar-refractivity contribution is 5.11. The highest BCUT2D eigenvalue weighted by atomic mass is 16.6. The Morgan fingerprint density at radius 3 is 2.33 bits per heavy atom. The van der Waals surface area contributed by atoms with Crippen LogP contribution in [-0.2, 0) is 4.74 Å². The van der Waals surface area contributed by atoms with E-state index >= 15 is 0 Å². The lowest BCUT2D eigenvalue weighted by Crippen LogP contribution is -2.56. The maximum atomic E-state index is 11.1. The molecule has 2 fully saturated rings. The van der Waals surface area contributed by atoms with Gasteiger partial charge in [-0.25, -0.2) is 0 Å². The summed E-state index contributed by atoms with van der Waals surface area (Å²) in [4.78, 5) is 0. The Balaban J connectivity index is 2.29. The van der Waals surface area contributed by atoms with E-state index in [9.17, 15) is 10.2 Å². The maximum absolute atomic E-state index is 11.1. The summed E-state index contributed by atoms with van der Waals surface area (Å²) >= 11 is 0. The van der Waals surface area contributed by atoms with Crippen LogP contribution in [0.4, 0.5) is 0 Å². The fourth-order valence-corrected chi connectivity index (χ4v) is 4.99.